The second-order valence-electron chi connectivity index (χ2n) is 6.07. The molecule has 1 saturated carbocycles. The smallest absolute Gasteiger partial charge is 0.249 e. The van der Waals surface area contributed by atoms with Crippen LogP contribution in [0.2, 0.25) is 0 Å². The van der Waals surface area contributed by atoms with Crippen LogP contribution in [0.3, 0.4) is 0 Å². The fraction of sp³-hybridized carbons (Fsp3) is 0.533. The second kappa shape index (κ2) is 6.73. The van der Waals surface area contributed by atoms with Crippen molar-refractivity contribution < 1.29 is 22.0 Å². The maximum absolute atomic E-state index is 13.8. The Bertz CT molecular complexity index is 709. The van der Waals surface area contributed by atoms with Crippen molar-refractivity contribution in [2.24, 2.45) is 0 Å². The number of sulfonamides is 1. The third kappa shape index (κ3) is 3.73. The van der Waals surface area contributed by atoms with Crippen molar-refractivity contribution in [3.05, 3.63) is 29.8 Å². The number of hydrogen-bond acceptors (Lipinski definition) is 4. The number of piperazine rings is 1. The van der Waals surface area contributed by atoms with E-state index in [9.17, 15) is 22.0 Å². The Labute approximate surface area is 139 Å². The Balaban J connectivity index is 1.62. The van der Waals surface area contributed by atoms with Crippen LogP contribution in [0.4, 0.5) is 8.78 Å². The molecule has 6 nitrogen and oxygen atoms in total. The van der Waals surface area contributed by atoms with Crippen molar-refractivity contribution in [1.29, 1.82) is 0 Å². The summed E-state index contributed by atoms with van der Waals surface area (Å²) >= 11 is 0. The Morgan fingerprint density at radius 1 is 1.12 bits per heavy atom. The lowest BCUT2D eigenvalue weighted by molar-refractivity contribution is -0.122. The summed E-state index contributed by atoms with van der Waals surface area (Å²) in [4.78, 5) is 12.7. The molecule has 1 aromatic carbocycles. The van der Waals surface area contributed by atoms with E-state index < -0.39 is 26.6 Å². The zero-order valence-electron chi connectivity index (χ0n) is 13.0. The van der Waals surface area contributed by atoms with Crippen LogP contribution in [0.15, 0.2) is 23.1 Å². The van der Waals surface area contributed by atoms with Crippen LogP contribution in [0.1, 0.15) is 12.8 Å². The van der Waals surface area contributed by atoms with Gasteiger partial charge in [0.1, 0.15) is 11.6 Å². The summed E-state index contributed by atoms with van der Waals surface area (Å²) in [5, 5.41) is 2.87. The van der Waals surface area contributed by atoms with E-state index in [-0.39, 0.29) is 31.6 Å². The van der Waals surface area contributed by atoms with Gasteiger partial charge in [-0.1, -0.05) is 6.07 Å². The van der Waals surface area contributed by atoms with Gasteiger partial charge in [-0.25, -0.2) is 17.2 Å². The van der Waals surface area contributed by atoms with Crippen molar-refractivity contribution in [2.75, 3.05) is 32.7 Å². The highest BCUT2D eigenvalue weighted by Crippen LogP contribution is 2.23. The monoisotopic (exact) mass is 359 g/mol. The zero-order valence-corrected chi connectivity index (χ0v) is 13.9. The molecular formula is C15H19F2N3O3S. The number of nitrogens with one attached hydrogen (secondary N) is 1. The predicted octanol–water partition coefficient (Wildman–Crippen LogP) is 0.550. The summed E-state index contributed by atoms with van der Waals surface area (Å²) in [5.74, 6) is -2.27. The minimum absolute atomic E-state index is 0.0750. The van der Waals surface area contributed by atoms with E-state index >= 15 is 0 Å². The number of carbonyl (C=O) groups excluding carboxylic acids is 1. The Morgan fingerprint density at radius 2 is 1.71 bits per heavy atom. The molecule has 2 fully saturated rings. The average molecular weight is 359 g/mol. The van der Waals surface area contributed by atoms with Crippen molar-refractivity contribution in [3.63, 3.8) is 0 Å². The van der Waals surface area contributed by atoms with Gasteiger partial charge >= 0.3 is 0 Å². The molecule has 0 aromatic heterocycles. The predicted molar refractivity (Wildman–Crippen MR) is 82.7 cm³/mol. The molecule has 1 aliphatic heterocycles. The molecule has 1 aromatic rings. The number of nitrogens with zero attached hydrogens (tertiary/aromatic N) is 2. The molecule has 0 radical (unpaired) electrons. The maximum atomic E-state index is 13.8. The first-order chi connectivity index (χ1) is 11.4. The molecule has 1 saturated heterocycles. The minimum atomic E-state index is -4.23. The van der Waals surface area contributed by atoms with Gasteiger partial charge in [0.2, 0.25) is 15.9 Å². The standard InChI is InChI=1S/C15H19F2N3O3S/c16-12-2-1-3-13(17)15(12)24(22,23)20-8-6-19(7-9-20)10-14(21)18-11-4-5-11/h1-3,11H,4-10H2,(H,18,21). The number of benzene rings is 1. The summed E-state index contributed by atoms with van der Waals surface area (Å²) in [6.07, 6.45) is 2.01. The van der Waals surface area contributed by atoms with E-state index in [1.165, 1.54) is 0 Å². The van der Waals surface area contributed by atoms with E-state index in [2.05, 4.69) is 5.32 Å². The highest BCUT2D eigenvalue weighted by Gasteiger charge is 2.33. The highest BCUT2D eigenvalue weighted by atomic mass is 32.2. The molecule has 0 atom stereocenters. The van der Waals surface area contributed by atoms with Crippen LogP contribution in [-0.4, -0.2) is 62.3 Å². The van der Waals surface area contributed by atoms with Crippen molar-refractivity contribution >= 4 is 15.9 Å². The van der Waals surface area contributed by atoms with Crippen LogP contribution >= 0.6 is 0 Å². The average Bonchev–Trinajstić information content (AvgIpc) is 3.31. The molecule has 0 bridgehead atoms. The van der Waals surface area contributed by atoms with Crippen molar-refractivity contribution in [1.82, 2.24) is 14.5 Å². The number of carbonyl (C=O) groups is 1. The first-order valence-electron chi connectivity index (χ1n) is 7.84. The number of hydrogen-bond donors (Lipinski definition) is 1. The molecule has 3 rings (SSSR count). The molecular weight excluding hydrogens is 340 g/mol. The molecule has 1 amide bonds. The lowest BCUT2D eigenvalue weighted by Crippen LogP contribution is -2.51. The lowest BCUT2D eigenvalue weighted by Gasteiger charge is -2.33. The number of halogens is 2. The second-order valence-corrected chi connectivity index (χ2v) is 7.95. The largest absolute Gasteiger partial charge is 0.352 e. The SMILES string of the molecule is O=C(CN1CCN(S(=O)(=O)c2c(F)cccc2F)CC1)NC1CC1. The quantitative estimate of drug-likeness (QED) is 0.834. The van der Waals surface area contributed by atoms with Gasteiger partial charge in [-0.15, -0.1) is 0 Å². The molecule has 1 N–H and O–H groups in total. The van der Waals surface area contributed by atoms with Gasteiger partial charge in [0.25, 0.3) is 0 Å². The highest BCUT2D eigenvalue weighted by molar-refractivity contribution is 7.89. The maximum Gasteiger partial charge on any atom is 0.249 e. The third-order valence-corrected chi connectivity index (χ3v) is 6.11. The fourth-order valence-electron chi connectivity index (χ4n) is 2.69. The number of rotatable bonds is 5. The molecule has 1 aliphatic carbocycles. The molecule has 9 heteroatoms. The Kier molecular flexibility index (Phi) is 4.84. The summed E-state index contributed by atoms with van der Waals surface area (Å²) in [6.45, 7) is 1.07. The van der Waals surface area contributed by atoms with E-state index in [4.69, 9.17) is 0 Å². The van der Waals surface area contributed by atoms with Crippen LogP contribution in [0.5, 0.6) is 0 Å². The van der Waals surface area contributed by atoms with Crippen LogP contribution in [0, 0.1) is 11.6 Å². The normalized spacial score (nSPS) is 20.1. The van der Waals surface area contributed by atoms with Gasteiger partial charge in [0.05, 0.1) is 6.54 Å². The molecule has 0 spiro atoms. The summed E-state index contributed by atoms with van der Waals surface area (Å²) in [5.41, 5.74) is 0. The van der Waals surface area contributed by atoms with Crippen molar-refractivity contribution in [3.8, 4) is 0 Å². The Morgan fingerprint density at radius 3 is 2.25 bits per heavy atom. The minimum Gasteiger partial charge on any atom is -0.352 e. The summed E-state index contributed by atoms with van der Waals surface area (Å²) < 4.78 is 53.5. The van der Waals surface area contributed by atoms with E-state index in [0.717, 1.165) is 35.3 Å². The van der Waals surface area contributed by atoms with Gasteiger partial charge in [-0.2, -0.15) is 4.31 Å². The molecule has 132 valence electrons. The third-order valence-electron chi connectivity index (χ3n) is 4.16. The summed E-state index contributed by atoms with van der Waals surface area (Å²) in [7, 11) is -4.23. The van der Waals surface area contributed by atoms with Crippen molar-refractivity contribution in [2.45, 2.75) is 23.8 Å². The van der Waals surface area contributed by atoms with E-state index in [1.807, 2.05) is 4.90 Å². The van der Waals surface area contributed by atoms with Gasteiger partial charge in [0.15, 0.2) is 4.90 Å². The summed E-state index contributed by atoms with van der Waals surface area (Å²) in [6, 6.07) is 3.26. The zero-order chi connectivity index (χ0) is 17.3. The van der Waals surface area contributed by atoms with Gasteiger partial charge < -0.3 is 5.32 Å². The van der Waals surface area contributed by atoms with Crippen LogP contribution in [-0.2, 0) is 14.8 Å². The molecule has 0 unspecified atom stereocenters. The van der Waals surface area contributed by atoms with E-state index in [0.29, 0.717) is 13.1 Å². The van der Waals surface area contributed by atoms with Gasteiger partial charge in [-0.3, -0.25) is 9.69 Å². The fourth-order valence-corrected chi connectivity index (χ4v) is 4.22. The van der Waals surface area contributed by atoms with Gasteiger partial charge in [-0.05, 0) is 25.0 Å². The van der Waals surface area contributed by atoms with Crippen LogP contribution in [0.25, 0.3) is 0 Å². The molecule has 1 heterocycles. The first-order valence-corrected chi connectivity index (χ1v) is 9.28. The Hall–Kier alpha value is -1.58. The molecule has 2 aliphatic rings. The van der Waals surface area contributed by atoms with Gasteiger partial charge in [0, 0.05) is 32.2 Å². The first kappa shape index (κ1) is 17.2. The lowest BCUT2D eigenvalue weighted by atomic mass is 10.3. The topological polar surface area (TPSA) is 69.7 Å². The molecule has 24 heavy (non-hydrogen) atoms. The number of amides is 1. The van der Waals surface area contributed by atoms with Crippen LogP contribution < -0.4 is 5.32 Å². The van der Waals surface area contributed by atoms with E-state index in [1.54, 1.807) is 0 Å².